The molecule has 0 bridgehead atoms. The summed E-state index contributed by atoms with van der Waals surface area (Å²) in [6.07, 6.45) is 0. The Kier molecular flexibility index (Phi) is 3.56. The normalized spacial score (nSPS) is 10.2. The van der Waals surface area contributed by atoms with Crippen molar-refractivity contribution in [1.29, 1.82) is 0 Å². The van der Waals surface area contributed by atoms with E-state index in [4.69, 9.17) is 10.5 Å². The van der Waals surface area contributed by atoms with Gasteiger partial charge in [0.25, 0.3) is 5.91 Å². The van der Waals surface area contributed by atoms with Gasteiger partial charge >= 0.3 is 5.97 Å². The van der Waals surface area contributed by atoms with Gasteiger partial charge in [-0.1, -0.05) is 18.2 Å². The highest BCUT2D eigenvalue weighted by atomic mass is 16.5. The molecule has 0 saturated carbocycles. The number of nitrogens with two attached hydrogens (primary N) is 1. The number of amides is 1. The van der Waals surface area contributed by atoms with Crippen LogP contribution in [0.2, 0.25) is 0 Å². The monoisotopic (exact) mass is 260 g/mol. The molecule has 1 aromatic carbocycles. The van der Waals surface area contributed by atoms with Crippen molar-refractivity contribution in [2.45, 2.75) is 6.92 Å². The van der Waals surface area contributed by atoms with Crippen molar-refractivity contribution in [1.82, 2.24) is 15.0 Å². The van der Waals surface area contributed by atoms with Crippen molar-refractivity contribution in [3.8, 4) is 5.69 Å². The maximum absolute atomic E-state index is 11.7. The predicted octanol–water partition coefficient (Wildman–Crippen LogP) is 0.218. The second-order valence-corrected chi connectivity index (χ2v) is 3.80. The molecule has 98 valence electrons. The Morgan fingerprint density at radius 2 is 1.95 bits per heavy atom. The number of ether oxygens (including phenoxy) is 1. The van der Waals surface area contributed by atoms with Gasteiger partial charge < -0.3 is 10.5 Å². The summed E-state index contributed by atoms with van der Waals surface area (Å²) in [5, 5.41) is 8.15. The molecule has 1 amide bonds. The molecule has 2 N–H and O–H groups in total. The van der Waals surface area contributed by atoms with E-state index in [9.17, 15) is 9.59 Å². The first-order valence-corrected chi connectivity index (χ1v) is 5.52. The number of esters is 1. The van der Waals surface area contributed by atoms with Gasteiger partial charge in [0, 0.05) is 0 Å². The molecule has 1 aromatic heterocycles. The van der Waals surface area contributed by atoms with Crippen LogP contribution in [-0.2, 0) is 9.53 Å². The van der Waals surface area contributed by atoms with E-state index in [0.29, 0.717) is 5.69 Å². The van der Waals surface area contributed by atoms with Crippen LogP contribution in [0.3, 0.4) is 0 Å². The van der Waals surface area contributed by atoms with Crippen LogP contribution in [-0.4, -0.2) is 33.5 Å². The Bertz CT molecular complexity index is 607. The van der Waals surface area contributed by atoms with E-state index in [1.165, 1.54) is 4.80 Å². The Labute approximate surface area is 109 Å². The average molecular weight is 260 g/mol. The minimum Gasteiger partial charge on any atom is -0.451 e. The molecule has 1 heterocycles. The third-order valence-corrected chi connectivity index (χ3v) is 2.31. The van der Waals surface area contributed by atoms with Crippen molar-refractivity contribution in [3.05, 3.63) is 41.7 Å². The summed E-state index contributed by atoms with van der Waals surface area (Å²) in [4.78, 5) is 23.5. The number of hydrogen-bond donors (Lipinski definition) is 1. The topological polar surface area (TPSA) is 100 Å². The zero-order chi connectivity index (χ0) is 13.8. The van der Waals surface area contributed by atoms with Crippen molar-refractivity contribution < 1.29 is 14.3 Å². The molecule has 0 atom stereocenters. The SMILES string of the molecule is Cc1nn(-c2ccccc2)nc1C(=O)OCC(N)=O. The highest BCUT2D eigenvalue weighted by molar-refractivity contribution is 5.90. The van der Waals surface area contributed by atoms with Crippen molar-refractivity contribution in [2.75, 3.05) is 6.61 Å². The molecule has 0 fully saturated rings. The second kappa shape index (κ2) is 5.30. The first-order valence-electron chi connectivity index (χ1n) is 5.52. The largest absolute Gasteiger partial charge is 0.451 e. The van der Waals surface area contributed by atoms with Crippen LogP contribution in [0.5, 0.6) is 0 Å². The number of aromatic nitrogens is 3. The summed E-state index contributed by atoms with van der Waals surface area (Å²) in [5.74, 6) is -1.44. The average Bonchev–Trinajstić information content (AvgIpc) is 2.79. The lowest BCUT2D eigenvalue weighted by molar-refractivity contribution is -0.121. The fraction of sp³-hybridized carbons (Fsp3) is 0.167. The molecule has 19 heavy (non-hydrogen) atoms. The molecule has 0 aliphatic rings. The summed E-state index contributed by atoms with van der Waals surface area (Å²) in [6.45, 7) is 1.16. The fourth-order valence-corrected chi connectivity index (χ4v) is 1.45. The third-order valence-electron chi connectivity index (χ3n) is 2.31. The Balaban J connectivity index is 2.22. The van der Waals surface area contributed by atoms with Gasteiger partial charge in [-0.25, -0.2) is 4.79 Å². The molecule has 2 aromatic rings. The molecule has 7 nitrogen and oxygen atoms in total. The molecule has 0 aliphatic carbocycles. The van der Waals surface area contributed by atoms with Gasteiger partial charge in [-0.15, -0.1) is 5.10 Å². The van der Waals surface area contributed by atoms with Crippen molar-refractivity contribution in [3.63, 3.8) is 0 Å². The first kappa shape index (κ1) is 12.7. The van der Waals surface area contributed by atoms with Gasteiger partial charge in [0.15, 0.2) is 12.3 Å². The highest BCUT2D eigenvalue weighted by Gasteiger charge is 2.18. The molecule has 7 heteroatoms. The van der Waals surface area contributed by atoms with Gasteiger partial charge in [-0.2, -0.15) is 9.90 Å². The standard InChI is InChI=1S/C12H12N4O3/c1-8-11(12(18)19-7-10(13)17)15-16(14-8)9-5-3-2-4-6-9/h2-6H,7H2,1H3,(H2,13,17). The minimum absolute atomic E-state index is 0.0603. The lowest BCUT2D eigenvalue weighted by Gasteiger charge is -1.99. The van der Waals surface area contributed by atoms with Crippen LogP contribution in [0.4, 0.5) is 0 Å². The summed E-state index contributed by atoms with van der Waals surface area (Å²) < 4.78 is 4.69. The Morgan fingerprint density at radius 3 is 2.58 bits per heavy atom. The van der Waals surface area contributed by atoms with E-state index in [2.05, 4.69) is 10.2 Å². The number of nitrogens with zero attached hydrogens (tertiary/aromatic N) is 3. The number of carbonyl (C=O) groups is 2. The van der Waals surface area contributed by atoms with E-state index >= 15 is 0 Å². The van der Waals surface area contributed by atoms with E-state index in [1.807, 2.05) is 18.2 Å². The number of aryl methyl sites for hydroxylation is 1. The number of para-hydroxylation sites is 1. The molecule has 0 aliphatic heterocycles. The number of rotatable bonds is 4. The highest BCUT2D eigenvalue weighted by Crippen LogP contribution is 2.08. The summed E-state index contributed by atoms with van der Waals surface area (Å²) in [6, 6.07) is 9.13. The summed E-state index contributed by atoms with van der Waals surface area (Å²) in [5.41, 5.74) is 6.09. The molecular formula is C12H12N4O3. The molecule has 2 rings (SSSR count). The molecule has 0 unspecified atom stereocenters. The zero-order valence-corrected chi connectivity index (χ0v) is 10.2. The number of benzene rings is 1. The van der Waals surface area contributed by atoms with Gasteiger partial charge in [0.1, 0.15) is 0 Å². The van der Waals surface area contributed by atoms with Crippen LogP contribution >= 0.6 is 0 Å². The number of hydrogen-bond acceptors (Lipinski definition) is 5. The zero-order valence-electron chi connectivity index (χ0n) is 10.2. The lowest BCUT2D eigenvalue weighted by Crippen LogP contribution is -2.21. The maximum Gasteiger partial charge on any atom is 0.361 e. The van der Waals surface area contributed by atoms with Crippen LogP contribution in [0.1, 0.15) is 16.2 Å². The molecule has 0 radical (unpaired) electrons. The van der Waals surface area contributed by atoms with Crippen molar-refractivity contribution >= 4 is 11.9 Å². The molecular weight excluding hydrogens is 248 g/mol. The number of carbonyl (C=O) groups excluding carboxylic acids is 2. The van der Waals surface area contributed by atoms with Gasteiger partial charge in [-0.3, -0.25) is 4.79 Å². The molecule has 0 saturated heterocycles. The van der Waals surface area contributed by atoms with Gasteiger partial charge in [0.05, 0.1) is 11.4 Å². The lowest BCUT2D eigenvalue weighted by atomic mass is 10.3. The van der Waals surface area contributed by atoms with E-state index in [0.717, 1.165) is 5.69 Å². The predicted molar refractivity (Wildman–Crippen MR) is 65.6 cm³/mol. The van der Waals surface area contributed by atoms with Crippen LogP contribution in [0.15, 0.2) is 30.3 Å². The summed E-state index contributed by atoms with van der Waals surface area (Å²) in [7, 11) is 0. The van der Waals surface area contributed by atoms with E-state index < -0.39 is 18.5 Å². The first-order chi connectivity index (χ1) is 9.08. The van der Waals surface area contributed by atoms with Crippen LogP contribution in [0.25, 0.3) is 5.69 Å². The molecule has 0 spiro atoms. The smallest absolute Gasteiger partial charge is 0.361 e. The summed E-state index contributed by atoms with van der Waals surface area (Å²) >= 11 is 0. The van der Waals surface area contributed by atoms with E-state index in [-0.39, 0.29) is 5.69 Å². The Morgan fingerprint density at radius 1 is 1.26 bits per heavy atom. The maximum atomic E-state index is 11.7. The minimum atomic E-state index is -0.724. The van der Waals surface area contributed by atoms with E-state index in [1.54, 1.807) is 19.1 Å². The van der Waals surface area contributed by atoms with Crippen LogP contribution in [0, 0.1) is 6.92 Å². The quantitative estimate of drug-likeness (QED) is 0.792. The van der Waals surface area contributed by atoms with Gasteiger partial charge in [-0.05, 0) is 19.1 Å². The second-order valence-electron chi connectivity index (χ2n) is 3.80. The van der Waals surface area contributed by atoms with Crippen molar-refractivity contribution in [2.24, 2.45) is 5.73 Å². The van der Waals surface area contributed by atoms with Gasteiger partial charge in [0.2, 0.25) is 0 Å². The Hall–Kier alpha value is -2.70. The third kappa shape index (κ3) is 2.95. The fourth-order valence-electron chi connectivity index (χ4n) is 1.45. The van der Waals surface area contributed by atoms with Crippen LogP contribution < -0.4 is 5.73 Å². The number of primary amides is 1.